The van der Waals surface area contributed by atoms with Crippen molar-refractivity contribution in [3.8, 4) is 6.07 Å². The Hall–Kier alpha value is -1.85. The number of alkyl halides is 1. The smallest absolute Gasteiger partial charge is 0.0998 e. The number of allylic oxidation sites excluding steroid dienone is 4. The normalized spacial score (nSPS) is 21.5. The van der Waals surface area contributed by atoms with E-state index in [9.17, 15) is 5.26 Å². The highest BCUT2D eigenvalue weighted by atomic mass is 79.9. The number of hydrogen-bond donors (Lipinski definition) is 0. The third kappa shape index (κ3) is 2.01. The van der Waals surface area contributed by atoms with Crippen LogP contribution in [-0.2, 0) is 4.32 Å². The second-order valence-electron chi connectivity index (χ2n) is 4.67. The third-order valence-corrected chi connectivity index (χ3v) is 4.51. The van der Waals surface area contributed by atoms with Gasteiger partial charge in [-0.3, -0.25) is 0 Å². The zero-order chi connectivity index (χ0) is 13.3. The first-order chi connectivity index (χ1) is 9.24. The highest BCUT2D eigenvalue weighted by Crippen LogP contribution is 2.42. The summed E-state index contributed by atoms with van der Waals surface area (Å²) in [6, 6.07) is 14.4. The van der Waals surface area contributed by atoms with Crippen molar-refractivity contribution in [2.24, 2.45) is 0 Å². The van der Waals surface area contributed by atoms with Gasteiger partial charge in [-0.25, -0.2) is 0 Å². The fraction of sp³-hybridized carbons (Fsp3) is 0.118. The average Bonchev–Trinajstić information content (AvgIpc) is 2.46. The minimum Gasteiger partial charge on any atom is -0.192 e. The maximum Gasteiger partial charge on any atom is 0.0998 e. The molecule has 1 atom stereocenters. The van der Waals surface area contributed by atoms with E-state index in [1.165, 1.54) is 0 Å². The molecule has 1 aliphatic rings. The van der Waals surface area contributed by atoms with Crippen molar-refractivity contribution in [3.05, 3.63) is 71.8 Å². The third-order valence-electron chi connectivity index (χ3n) is 3.50. The zero-order valence-electron chi connectivity index (χ0n) is 10.3. The van der Waals surface area contributed by atoms with E-state index in [0.29, 0.717) is 0 Å². The summed E-state index contributed by atoms with van der Waals surface area (Å²) in [6.07, 6.45) is 9.28. The molecule has 92 valence electrons. The van der Waals surface area contributed by atoms with Crippen molar-refractivity contribution < 1.29 is 0 Å². The quantitative estimate of drug-likeness (QED) is 0.693. The van der Waals surface area contributed by atoms with E-state index < -0.39 is 0 Å². The van der Waals surface area contributed by atoms with Gasteiger partial charge >= 0.3 is 0 Å². The Bertz CT molecular complexity index is 731. The minimum atomic E-state index is -0.214. The molecule has 0 fully saturated rings. The van der Waals surface area contributed by atoms with Crippen LogP contribution in [-0.4, -0.2) is 0 Å². The topological polar surface area (TPSA) is 23.8 Å². The van der Waals surface area contributed by atoms with Crippen LogP contribution in [0.2, 0.25) is 0 Å². The van der Waals surface area contributed by atoms with Crippen LogP contribution in [0.25, 0.3) is 10.8 Å². The number of halogens is 1. The van der Waals surface area contributed by atoms with Gasteiger partial charge in [-0.2, -0.15) is 5.26 Å². The first-order valence-electron chi connectivity index (χ1n) is 6.20. The summed E-state index contributed by atoms with van der Waals surface area (Å²) in [4.78, 5) is 0. The Morgan fingerprint density at radius 1 is 1.11 bits per heavy atom. The monoisotopic (exact) mass is 309 g/mol. The lowest BCUT2D eigenvalue weighted by molar-refractivity contribution is 0.805. The van der Waals surface area contributed by atoms with E-state index in [1.54, 1.807) is 0 Å². The van der Waals surface area contributed by atoms with Crippen LogP contribution in [0.1, 0.15) is 17.5 Å². The average molecular weight is 310 g/mol. The van der Waals surface area contributed by atoms with Gasteiger partial charge < -0.3 is 0 Å². The summed E-state index contributed by atoms with van der Waals surface area (Å²) in [6.45, 7) is 0. The molecule has 0 saturated carbocycles. The summed E-state index contributed by atoms with van der Waals surface area (Å²) >= 11 is 3.84. The summed E-state index contributed by atoms with van der Waals surface area (Å²) in [5.74, 6) is 0. The fourth-order valence-electron chi connectivity index (χ4n) is 2.57. The zero-order valence-corrected chi connectivity index (χ0v) is 11.9. The standard InChI is InChI=1S/C17H12BrN/c18-17(10-2-1-3-11-17)15-9-5-7-13-6-4-8-14(12-19)16(13)15/h1-10H,11H2. The van der Waals surface area contributed by atoms with E-state index in [2.05, 4.69) is 58.4 Å². The molecular formula is C17H12BrN. The predicted molar refractivity (Wildman–Crippen MR) is 82.2 cm³/mol. The van der Waals surface area contributed by atoms with E-state index in [0.717, 1.165) is 28.3 Å². The Kier molecular flexibility index (Phi) is 3.00. The Morgan fingerprint density at radius 2 is 1.89 bits per heavy atom. The summed E-state index contributed by atoms with van der Waals surface area (Å²) in [7, 11) is 0. The second-order valence-corrected chi connectivity index (χ2v) is 6.09. The van der Waals surface area contributed by atoms with E-state index in [4.69, 9.17) is 0 Å². The molecule has 19 heavy (non-hydrogen) atoms. The van der Waals surface area contributed by atoms with E-state index in [-0.39, 0.29) is 4.32 Å². The van der Waals surface area contributed by atoms with Gasteiger partial charge in [0.15, 0.2) is 0 Å². The lowest BCUT2D eigenvalue weighted by Gasteiger charge is -2.26. The molecule has 2 aromatic rings. The number of nitriles is 1. The van der Waals surface area contributed by atoms with Crippen molar-refractivity contribution in [2.45, 2.75) is 10.7 Å². The molecule has 3 rings (SSSR count). The second kappa shape index (κ2) is 4.68. The van der Waals surface area contributed by atoms with Gasteiger partial charge in [-0.05, 0) is 23.4 Å². The number of hydrogen-bond acceptors (Lipinski definition) is 1. The fourth-order valence-corrected chi connectivity index (χ4v) is 3.24. The number of benzene rings is 2. The Labute approximate surface area is 121 Å². The largest absolute Gasteiger partial charge is 0.192 e. The molecule has 0 heterocycles. The van der Waals surface area contributed by atoms with Crippen LogP contribution in [0.4, 0.5) is 0 Å². The molecule has 0 aromatic heterocycles. The van der Waals surface area contributed by atoms with Crippen LogP contribution >= 0.6 is 15.9 Å². The molecule has 0 saturated heterocycles. The van der Waals surface area contributed by atoms with Gasteiger partial charge in [0.05, 0.1) is 16.0 Å². The molecule has 1 nitrogen and oxygen atoms in total. The van der Waals surface area contributed by atoms with Gasteiger partial charge in [0.2, 0.25) is 0 Å². The van der Waals surface area contributed by atoms with Crippen LogP contribution < -0.4 is 0 Å². The van der Waals surface area contributed by atoms with Gasteiger partial charge in [0.1, 0.15) is 0 Å². The molecule has 0 bridgehead atoms. The van der Waals surface area contributed by atoms with Gasteiger partial charge in [0, 0.05) is 5.39 Å². The molecule has 2 heteroatoms. The van der Waals surface area contributed by atoms with Crippen molar-refractivity contribution in [3.63, 3.8) is 0 Å². The van der Waals surface area contributed by atoms with Crippen molar-refractivity contribution in [1.82, 2.24) is 0 Å². The van der Waals surface area contributed by atoms with E-state index >= 15 is 0 Å². The summed E-state index contributed by atoms with van der Waals surface area (Å²) in [5, 5.41) is 11.5. The molecular weight excluding hydrogens is 298 g/mol. The number of rotatable bonds is 1. The van der Waals surface area contributed by atoms with Crippen LogP contribution in [0.15, 0.2) is 60.7 Å². The highest BCUT2D eigenvalue weighted by molar-refractivity contribution is 9.09. The Morgan fingerprint density at radius 3 is 2.58 bits per heavy atom. The van der Waals surface area contributed by atoms with E-state index in [1.807, 2.05) is 24.3 Å². The first kappa shape index (κ1) is 12.2. The summed E-state index contributed by atoms with van der Waals surface area (Å²) < 4.78 is -0.214. The minimum absolute atomic E-state index is 0.214. The molecule has 1 unspecified atom stereocenters. The maximum atomic E-state index is 9.35. The van der Waals surface area contributed by atoms with Crippen molar-refractivity contribution >= 4 is 26.7 Å². The van der Waals surface area contributed by atoms with Crippen LogP contribution in [0.5, 0.6) is 0 Å². The molecule has 0 spiro atoms. The predicted octanol–water partition coefficient (Wildman–Crippen LogP) is 4.82. The number of nitrogens with zero attached hydrogens (tertiary/aromatic N) is 1. The number of fused-ring (bicyclic) bond motifs is 1. The van der Waals surface area contributed by atoms with Crippen LogP contribution in [0, 0.1) is 11.3 Å². The van der Waals surface area contributed by atoms with Crippen molar-refractivity contribution in [1.29, 1.82) is 5.26 Å². The summed E-state index contributed by atoms with van der Waals surface area (Å²) in [5.41, 5.74) is 1.89. The van der Waals surface area contributed by atoms with Gasteiger partial charge in [-0.1, -0.05) is 70.6 Å². The molecule has 0 amide bonds. The highest BCUT2D eigenvalue weighted by Gasteiger charge is 2.28. The van der Waals surface area contributed by atoms with Gasteiger partial charge in [0.25, 0.3) is 0 Å². The molecule has 0 N–H and O–H groups in total. The maximum absolute atomic E-state index is 9.35. The Balaban J connectivity index is 2.33. The molecule has 0 radical (unpaired) electrons. The molecule has 2 aromatic carbocycles. The van der Waals surface area contributed by atoms with Crippen molar-refractivity contribution in [2.75, 3.05) is 0 Å². The lowest BCUT2D eigenvalue weighted by Crippen LogP contribution is -2.16. The first-order valence-corrected chi connectivity index (χ1v) is 6.99. The van der Waals surface area contributed by atoms with Crippen LogP contribution in [0.3, 0.4) is 0 Å². The SMILES string of the molecule is N#Cc1cccc2cccc(C3(Br)C=CC=CC3)c12. The molecule has 1 aliphatic carbocycles. The van der Waals surface area contributed by atoms with Gasteiger partial charge in [-0.15, -0.1) is 0 Å². The molecule has 0 aliphatic heterocycles. The lowest BCUT2D eigenvalue weighted by atomic mass is 9.87.